The molecule has 8 aromatic carbocycles. The van der Waals surface area contributed by atoms with E-state index < -0.39 is 0 Å². The van der Waals surface area contributed by atoms with Gasteiger partial charge in [0.05, 0.1) is 16.7 Å². The van der Waals surface area contributed by atoms with Crippen LogP contribution in [0.3, 0.4) is 0 Å². The zero-order chi connectivity index (χ0) is 41.0. The molecule has 292 valence electrons. The highest BCUT2D eigenvalue weighted by Gasteiger charge is 2.31. The molecule has 0 radical (unpaired) electrons. The maximum atomic E-state index is 6.46. The minimum atomic E-state index is -0.00306. The fraction of sp³-hybridized carbons (Fsp3) is 0.0351. The average molecular weight is 795 g/mol. The highest BCUT2D eigenvalue weighted by atomic mass is 16.3. The first-order valence-corrected chi connectivity index (χ1v) is 21.1. The van der Waals surface area contributed by atoms with Gasteiger partial charge in [0.2, 0.25) is 0 Å². The van der Waals surface area contributed by atoms with E-state index in [-0.39, 0.29) is 11.8 Å². The number of para-hydroxylation sites is 2. The molecule has 2 unspecified atom stereocenters. The van der Waals surface area contributed by atoms with Gasteiger partial charge in [-0.2, -0.15) is 0 Å². The first kappa shape index (κ1) is 35.8. The molecule has 0 bridgehead atoms. The van der Waals surface area contributed by atoms with E-state index in [1.165, 1.54) is 22.3 Å². The molecule has 3 aromatic heterocycles. The van der Waals surface area contributed by atoms with Crippen molar-refractivity contribution in [2.45, 2.75) is 11.8 Å². The summed E-state index contributed by atoms with van der Waals surface area (Å²) in [6.07, 6.45) is 6.84. The molecule has 0 fully saturated rings. The lowest BCUT2D eigenvalue weighted by Crippen LogP contribution is -2.15. The van der Waals surface area contributed by atoms with Gasteiger partial charge < -0.3 is 8.98 Å². The molecule has 0 spiro atoms. The quantitative estimate of drug-likeness (QED) is 0.161. The van der Waals surface area contributed by atoms with Crippen LogP contribution >= 0.6 is 0 Å². The van der Waals surface area contributed by atoms with Crippen molar-refractivity contribution in [1.82, 2.24) is 19.5 Å². The maximum Gasteiger partial charge on any atom is 0.166 e. The Kier molecular flexibility index (Phi) is 8.56. The molecule has 5 heteroatoms. The lowest BCUT2D eigenvalue weighted by atomic mass is 9.72. The van der Waals surface area contributed by atoms with Gasteiger partial charge in [-0.15, -0.1) is 0 Å². The minimum Gasteiger partial charge on any atom is -0.456 e. The lowest BCUT2D eigenvalue weighted by Gasteiger charge is -2.31. The number of allylic oxidation sites excluding steroid dienone is 4. The Balaban J connectivity index is 1.17. The highest BCUT2D eigenvalue weighted by Crippen LogP contribution is 2.48. The number of fused-ring (bicyclic) bond motifs is 6. The number of furan rings is 1. The van der Waals surface area contributed by atoms with Crippen molar-refractivity contribution >= 4 is 49.3 Å². The fourth-order valence-electron chi connectivity index (χ4n) is 9.46. The minimum absolute atomic E-state index is 0.00306. The Morgan fingerprint density at radius 3 is 1.73 bits per heavy atom. The van der Waals surface area contributed by atoms with Crippen LogP contribution in [-0.2, 0) is 0 Å². The van der Waals surface area contributed by atoms with Gasteiger partial charge >= 0.3 is 0 Å². The monoisotopic (exact) mass is 794 g/mol. The molecular formula is C57H38N4O. The Bertz CT molecular complexity index is 3460. The zero-order valence-electron chi connectivity index (χ0n) is 33.6. The Morgan fingerprint density at radius 1 is 0.419 bits per heavy atom. The van der Waals surface area contributed by atoms with E-state index in [2.05, 4.69) is 174 Å². The summed E-state index contributed by atoms with van der Waals surface area (Å²) in [5, 5.41) is 4.42. The molecule has 5 nitrogen and oxygen atoms in total. The van der Waals surface area contributed by atoms with E-state index in [9.17, 15) is 0 Å². The molecule has 0 saturated carbocycles. The smallest absolute Gasteiger partial charge is 0.166 e. The molecular weight excluding hydrogens is 757 g/mol. The van der Waals surface area contributed by atoms with Crippen LogP contribution in [0, 0.1) is 0 Å². The summed E-state index contributed by atoms with van der Waals surface area (Å²) < 4.78 is 8.85. The van der Waals surface area contributed by atoms with Gasteiger partial charge in [-0.25, -0.2) is 15.0 Å². The number of rotatable bonds is 7. The standard InChI is InChI=1S/C57H38N4O/c1-5-18-37(19-6-1)42-28-17-29-43(38-20-7-2-8-21-38)54(42)41-32-33-50(48(34-41)57-59-55(39-22-9-3-10-23-39)58-56(60-57)40-24-11-4-12-25-40)61-49-30-15-13-26-44(49)46-36-53-47(35-51(46)61)45-27-14-16-31-52(45)62-53/h1-36,42,54H. The Morgan fingerprint density at radius 2 is 1.02 bits per heavy atom. The Hall–Kier alpha value is -8.15. The van der Waals surface area contributed by atoms with Crippen LogP contribution in [0.25, 0.3) is 89.2 Å². The van der Waals surface area contributed by atoms with Gasteiger partial charge in [0.1, 0.15) is 11.2 Å². The molecule has 62 heavy (non-hydrogen) atoms. The van der Waals surface area contributed by atoms with E-state index >= 15 is 0 Å². The van der Waals surface area contributed by atoms with E-state index in [1.54, 1.807) is 0 Å². The van der Waals surface area contributed by atoms with Gasteiger partial charge in [0.15, 0.2) is 17.5 Å². The van der Waals surface area contributed by atoms with Gasteiger partial charge in [-0.3, -0.25) is 0 Å². The van der Waals surface area contributed by atoms with Crippen molar-refractivity contribution in [1.29, 1.82) is 0 Å². The van der Waals surface area contributed by atoms with E-state index in [0.717, 1.165) is 66.1 Å². The van der Waals surface area contributed by atoms with Gasteiger partial charge in [-0.05, 0) is 58.7 Å². The normalized spacial score (nSPS) is 15.1. The van der Waals surface area contributed by atoms with Gasteiger partial charge in [0, 0.05) is 50.1 Å². The summed E-state index contributed by atoms with van der Waals surface area (Å²) in [4.78, 5) is 15.9. The van der Waals surface area contributed by atoms with Crippen molar-refractivity contribution < 1.29 is 4.42 Å². The predicted octanol–water partition coefficient (Wildman–Crippen LogP) is 14.4. The molecule has 1 aliphatic rings. The third-order valence-corrected chi connectivity index (χ3v) is 12.3. The summed E-state index contributed by atoms with van der Waals surface area (Å²) in [6, 6.07) is 70.4. The van der Waals surface area contributed by atoms with Crippen LogP contribution in [0.1, 0.15) is 28.5 Å². The third-order valence-electron chi connectivity index (χ3n) is 12.3. The molecule has 1 aliphatic carbocycles. The SMILES string of the molecule is C1=CC(c2ccccc2)C(c2ccc(-n3c4ccccc4c4cc5oc6ccccc6c5cc43)c(-c3nc(-c4ccccc4)nc(-c4ccccc4)n3)c2)C(c2ccccc2)=C1. The second-order valence-electron chi connectivity index (χ2n) is 15.9. The second-order valence-corrected chi connectivity index (χ2v) is 15.9. The number of aromatic nitrogens is 4. The third kappa shape index (κ3) is 6.05. The van der Waals surface area contributed by atoms with Gasteiger partial charge in [0.25, 0.3) is 0 Å². The number of nitrogens with zero attached hydrogens (tertiary/aromatic N) is 4. The summed E-state index contributed by atoms with van der Waals surface area (Å²) in [5.74, 6) is 1.92. The van der Waals surface area contributed by atoms with Crippen LogP contribution in [-0.4, -0.2) is 19.5 Å². The maximum absolute atomic E-state index is 6.46. The van der Waals surface area contributed by atoms with Crippen LogP contribution in [0.15, 0.2) is 223 Å². The van der Waals surface area contributed by atoms with E-state index in [1.807, 2.05) is 48.5 Å². The van der Waals surface area contributed by atoms with Crippen molar-refractivity contribution in [3.8, 4) is 39.9 Å². The molecule has 12 rings (SSSR count). The van der Waals surface area contributed by atoms with Gasteiger partial charge in [-0.1, -0.05) is 182 Å². The molecule has 0 N–H and O–H groups in total. The molecule has 3 heterocycles. The summed E-state index contributed by atoms with van der Waals surface area (Å²) >= 11 is 0. The second kappa shape index (κ2) is 14.8. The first-order chi connectivity index (χ1) is 30.7. The number of benzene rings is 8. The molecule has 0 amide bonds. The van der Waals surface area contributed by atoms with Crippen molar-refractivity contribution in [2.75, 3.05) is 0 Å². The van der Waals surface area contributed by atoms with E-state index in [0.29, 0.717) is 17.5 Å². The highest BCUT2D eigenvalue weighted by molar-refractivity contribution is 6.17. The predicted molar refractivity (Wildman–Crippen MR) is 253 cm³/mol. The first-order valence-electron chi connectivity index (χ1n) is 21.1. The van der Waals surface area contributed by atoms with Crippen LogP contribution in [0.2, 0.25) is 0 Å². The van der Waals surface area contributed by atoms with Crippen LogP contribution < -0.4 is 0 Å². The van der Waals surface area contributed by atoms with E-state index in [4.69, 9.17) is 19.4 Å². The van der Waals surface area contributed by atoms with Crippen molar-refractivity contribution in [2.24, 2.45) is 0 Å². The summed E-state index contributed by atoms with van der Waals surface area (Å²) in [7, 11) is 0. The molecule has 0 aliphatic heterocycles. The zero-order valence-corrected chi connectivity index (χ0v) is 33.6. The molecule has 2 atom stereocenters. The van der Waals surface area contributed by atoms with Crippen LogP contribution in [0.5, 0.6) is 0 Å². The van der Waals surface area contributed by atoms with Crippen molar-refractivity contribution in [3.63, 3.8) is 0 Å². The largest absolute Gasteiger partial charge is 0.456 e. The fourth-order valence-corrected chi connectivity index (χ4v) is 9.46. The van der Waals surface area contributed by atoms with Crippen LogP contribution in [0.4, 0.5) is 0 Å². The Labute approximate surface area is 358 Å². The summed E-state index contributed by atoms with van der Waals surface area (Å²) in [5.41, 5.74) is 12.5. The topological polar surface area (TPSA) is 56.7 Å². The lowest BCUT2D eigenvalue weighted by molar-refractivity contribution is 0.669. The number of hydrogen-bond donors (Lipinski definition) is 0. The summed E-state index contributed by atoms with van der Waals surface area (Å²) in [6.45, 7) is 0. The van der Waals surface area contributed by atoms with Crippen molar-refractivity contribution in [3.05, 3.63) is 235 Å². The molecule has 11 aromatic rings. The average Bonchev–Trinajstić information content (AvgIpc) is 3.88. The number of hydrogen-bond acceptors (Lipinski definition) is 4. The molecule has 0 saturated heterocycles.